The summed E-state index contributed by atoms with van der Waals surface area (Å²) in [6, 6.07) is 0. The highest BCUT2D eigenvalue weighted by molar-refractivity contribution is 5.36. The molecule has 3 rings (SSSR count). The Bertz CT molecular complexity index is 677. The first-order chi connectivity index (χ1) is 14.8. The monoisotopic (exact) mass is 441 g/mol. The Morgan fingerprint density at radius 2 is 1.78 bits per heavy atom. The summed E-state index contributed by atoms with van der Waals surface area (Å²) in [5.74, 6) is 2.35. The van der Waals surface area contributed by atoms with Crippen molar-refractivity contribution in [3.63, 3.8) is 0 Å². The Morgan fingerprint density at radius 3 is 2.47 bits per heavy atom. The van der Waals surface area contributed by atoms with Gasteiger partial charge in [0.2, 0.25) is 0 Å². The van der Waals surface area contributed by atoms with Crippen LogP contribution in [0.5, 0.6) is 0 Å². The smallest absolute Gasteiger partial charge is 0.0143 e. The van der Waals surface area contributed by atoms with Crippen molar-refractivity contribution in [1.29, 1.82) is 0 Å². The molecule has 32 heavy (non-hydrogen) atoms. The van der Waals surface area contributed by atoms with Crippen LogP contribution in [0.3, 0.4) is 0 Å². The van der Waals surface area contributed by atoms with Crippen molar-refractivity contribution in [3.05, 3.63) is 47.6 Å². The molecule has 3 aliphatic carbocycles. The van der Waals surface area contributed by atoms with E-state index in [0.29, 0.717) is 16.7 Å². The molecular formula is C31H55N. The summed E-state index contributed by atoms with van der Waals surface area (Å²) in [7, 11) is 1.50. The van der Waals surface area contributed by atoms with Gasteiger partial charge in [-0.3, -0.25) is 0 Å². The average Bonchev–Trinajstić information content (AvgIpc) is 3.10. The van der Waals surface area contributed by atoms with Crippen molar-refractivity contribution >= 4 is 0 Å². The molecule has 3 aliphatic rings. The fraction of sp³-hybridized carbons (Fsp3) is 0.742. The first-order valence-corrected chi connectivity index (χ1v) is 13.1. The maximum atomic E-state index is 4.50. The summed E-state index contributed by atoms with van der Waals surface area (Å²) in [5, 5.41) is 0. The SMILES string of the molecule is C.C=C1/C(=C\C=C2/CCCC3(C)C(C/C=C/CC(C)(C)CC)CCC23)CCCC1C.CN. The van der Waals surface area contributed by atoms with Crippen molar-refractivity contribution in [1.82, 2.24) is 0 Å². The lowest BCUT2D eigenvalue weighted by Gasteiger charge is -2.42. The maximum absolute atomic E-state index is 4.50. The van der Waals surface area contributed by atoms with Gasteiger partial charge in [0, 0.05) is 0 Å². The van der Waals surface area contributed by atoms with Crippen molar-refractivity contribution < 1.29 is 0 Å². The van der Waals surface area contributed by atoms with Gasteiger partial charge in [-0.2, -0.15) is 0 Å². The standard InChI is InChI=1S/C29H46.CH5N.CH4/c1-7-28(4,5)20-9-8-15-26-18-19-27-25(14-11-21-29(26,27)6)17-16-24-13-10-12-22(2)23(24)3;1-2;/h8-9,16-17,22,26-27H,3,7,10-15,18-21H2,1-2,4-6H3;2H2,1H3;1H4/b9-8+,24-16-,25-17+;;. The summed E-state index contributed by atoms with van der Waals surface area (Å²) >= 11 is 0. The van der Waals surface area contributed by atoms with E-state index in [1.165, 1.54) is 88.8 Å². The molecule has 0 amide bonds. The fourth-order valence-electron chi connectivity index (χ4n) is 6.19. The van der Waals surface area contributed by atoms with E-state index in [1.807, 2.05) is 0 Å². The molecule has 0 aromatic carbocycles. The van der Waals surface area contributed by atoms with E-state index in [1.54, 1.807) is 5.57 Å². The predicted octanol–water partition coefficient (Wildman–Crippen LogP) is 9.42. The van der Waals surface area contributed by atoms with Gasteiger partial charge in [-0.25, -0.2) is 0 Å². The third-order valence-corrected chi connectivity index (χ3v) is 8.96. The largest absolute Gasteiger partial charge is 0.333 e. The van der Waals surface area contributed by atoms with Crippen molar-refractivity contribution in [2.45, 2.75) is 113 Å². The minimum atomic E-state index is 0. The molecule has 1 nitrogen and oxygen atoms in total. The number of hydrogen-bond donors (Lipinski definition) is 1. The highest BCUT2D eigenvalue weighted by Gasteiger charge is 2.48. The summed E-state index contributed by atoms with van der Waals surface area (Å²) < 4.78 is 0. The predicted molar refractivity (Wildman–Crippen MR) is 146 cm³/mol. The van der Waals surface area contributed by atoms with Crippen LogP contribution < -0.4 is 5.73 Å². The van der Waals surface area contributed by atoms with Gasteiger partial charge >= 0.3 is 0 Å². The zero-order chi connectivity index (χ0) is 23.1. The first kappa shape index (κ1) is 29.0. The Morgan fingerprint density at radius 1 is 1.06 bits per heavy atom. The van der Waals surface area contributed by atoms with E-state index in [4.69, 9.17) is 0 Å². The topological polar surface area (TPSA) is 26.0 Å². The van der Waals surface area contributed by atoms with Crippen LogP contribution in [0.15, 0.2) is 47.6 Å². The number of rotatable bonds is 6. The van der Waals surface area contributed by atoms with Crippen LogP contribution in [0.2, 0.25) is 0 Å². The van der Waals surface area contributed by atoms with Crippen molar-refractivity contribution in [3.8, 4) is 0 Å². The Kier molecular flexibility index (Phi) is 11.7. The molecular weight excluding hydrogens is 386 g/mol. The highest BCUT2D eigenvalue weighted by atomic mass is 14.5. The van der Waals surface area contributed by atoms with E-state index in [2.05, 4.69) is 71.2 Å². The molecule has 0 aromatic heterocycles. The van der Waals surface area contributed by atoms with Crippen molar-refractivity contribution in [2.24, 2.45) is 34.3 Å². The van der Waals surface area contributed by atoms with Gasteiger partial charge < -0.3 is 5.73 Å². The van der Waals surface area contributed by atoms with Crippen LogP contribution in [0, 0.1) is 28.6 Å². The lowest BCUT2D eigenvalue weighted by Crippen LogP contribution is -2.33. The summed E-state index contributed by atoms with van der Waals surface area (Å²) in [6.07, 6.45) is 24.6. The minimum absolute atomic E-state index is 0. The second kappa shape index (κ2) is 13.0. The van der Waals surface area contributed by atoms with Crippen LogP contribution >= 0.6 is 0 Å². The third-order valence-electron chi connectivity index (χ3n) is 8.96. The summed E-state index contributed by atoms with van der Waals surface area (Å²) in [4.78, 5) is 0. The quantitative estimate of drug-likeness (QED) is 0.408. The van der Waals surface area contributed by atoms with Gasteiger partial charge in [-0.1, -0.05) is 84.9 Å². The maximum Gasteiger partial charge on any atom is -0.0143 e. The minimum Gasteiger partial charge on any atom is -0.333 e. The second-order valence-electron chi connectivity index (χ2n) is 11.4. The normalized spacial score (nSPS) is 33.1. The molecule has 4 atom stereocenters. The molecule has 0 heterocycles. The van der Waals surface area contributed by atoms with Crippen molar-refractivity contribution in [2.75, 3.05) is 7.05 Å². The highest BCUT2D eigenvalue weighted by Crippen LogP contribution is 2.58. The van der Waals surface area contributed by atoms with Crippen LogP contribution in [0.25, 0.3) is 0 Å². The van der Waals surface area contributed by atoms with E-state index in [-0.39, 0.29) is 7.43 Å². The van der Waals surface area contributed by atoms with Gasteiger partial charge in [-0.05, 0) is 111 Å². The lowest BCUT2D eigenvalue weighted by atomic mass is 9.63. The Labute approximate surface area is 201 Å². The molecule has 184 valence electrons. The zero-order valence-electron chi connectivity index (χ0n) is 21.6. The summed E-state index contributed by atoms with van der Waals surface area (Å²) in [5.41, 5.74) is 10.1. The van der Waals surface area contributed by atoms with Crippen LogP contribution in [-0.2, 0) is 0 Å². The van der Waals surface area contributed by atoms with E-state index < -0.39 is 0 Å². The first-order valence-electron chi connectivity index (χ1n) is 13.1. The zero-order valence-corrected chi connectivity index (χ0v) is 21.6. The molecule has 0 spiro atoms. The van der Waals surface area contributed by atoms with Gasteiger partial charge in [0.15, 0.2) is 0 Å². The molecule has 0 saturated heterocycles. The fourth-order valence-corrected chi connectivity index (χ4v) is 6.19. The van der Waals surface area contributed by atoms with Gasteiger partial charge in [0.25, 0.3) is 0 Å². The number of fused-ring (bicyclic) bond motifs is 1. The van der Waals surface area contributed by atoms with Crippen LogP contribution in [0.1, 0.15) is 113 Å². The lowest BCUT2D eigenvalue weighted by molar-refractivity contribution is 0.137. The molecule has 2 N–H and O–H groups in total. The van der Waals surface area contributed by atoms with Gasteiger partial charge in [-0.15, -0.1) is 0 Å². The average molecular weight is 442 g/mol. The number of allylic oxidation sites excluding steroid dienone is 7. The number of nitrogens with two attached hydrogens (primary N) is 1. The molecule has 0 aromatic rings. The Balaban J connectivity index is 0.00000166. The molecule has 0 radical (unpaired) electrons. The third kappa shape index (κ3) is 6.96. The van der Waals surface area contributed by atoms with Gasteiger partial charge in [0.1, 0.15) is 0 Å². The van der Waals surface area contributed by atoms with Crippen LogP contribution in [-0.4, -0.2) is 7.05 Å². The van der Waals surface area contributed by atoms with E-state index in [9.17, 15) is 0 Å². The molecule has 3 fully saturated rings. The molecule has 0 bridgehead atoms. The molecule has 3 saturated carbocycles. The van der Waals surface area contributed by atoms with Crippen LogP contribution in [0.4, 0.5) is 0 Å². The van der Waals surface area contributed by atoms with E-state index in [0.717, 1.165) is 11.8 Å². The molecule has 1 heteroatoms. The van der Waals surface area contributed by atoms with E-state index >= 15 is 0 Å². The van der Waals surface area contributed by atoms with Gasteiger partial charge in [0.05, 0.1) is 0 Å². The second-order valence-corrected chi connectivity index (χ2v) is 11.4. The Hall–Kier alpha value is -1.08. The summed E-state index contributed by atoms with van der Waals surface area (Å²) in [6.45, 7) is 16.4. The molecule has 0 aliphatic heterocycles. The number of hydrogen-bond acceptors (Lipinski definition) is 1. The molecule has 4 unspecified atom stereocenters.